The van der Waals surface area contributed by atoms with E-state index in [2.05, 4.69) is 0 Å². The average Bonchev–Trinajstić information content (AvgIpc) is 2.53. The molecule has 0 spiro atoms. The highest BCUT2D eigenvalue weighted by Crippen LogP contribution is 2.22. The highest BCUT2D eigenvalue weighted by Gasteiger charge is 2.11. The Kier molecular flexibility index (Phi) is 4.78. The maximum atomic E-state index is 11.8. The monoisotopic (exact) mass is 299 g/mol. The number of hydrogen-bond donors (Lipinski definition) is 1. The van der Waals surface area contributed by atoms with Crippen molar-refractivity contribution in [3.8, 4) is 16.9 Å². The normalized spacial score (nSPS) is 10.1. The van der Waals surface area contributed by atoms with E-state index in [1.165, 1.54) is 4.90 Å². The summed E-state index contributed by atoms with van der Waals surface area (Å²) in [6.07, 6.45) is 0. The first-order valence-electron chi connectivity index (χ1n) is 6.74. The molecule has 0 radical (unpaired) electrons. The number of phenols is 1. The van der Waals surface area contributed by atoms with Gasteiger partial charge in [0, 0.05) is 14.1 Å². The molecule has 2 rings (SSSR count). The minimum absolute atomic E-state index is 0.203. The fourth-order valence-corrected chi connectivity index (χ4v) is 1.79. The van der Waals surface area contributed by atoms with Crippen LogP contribution in [0.2, 0.25) is 0 Å². The Morgan fingerprint density at radius 2 is 1.45 bits per heavy atom. The number of nitrogens with zero attached hydrogens (tertiary/aromatic N) is 1. The first kappa shape index (κ1) is 15.6. The number of benzene rings is 2. The van der Waals surface area contributed by atoms with Crippen LogP contribution in [0.15, 0.2) is 48.5 Å². The minimum Gasteiger partial charge on any atom is -0.508 e. The van der Waals surface area contributed by atoms with E-state index < -0.39 is 5.97 Å². The van der Waals surface area contributed by atoms with E-state index >= 15 is 0 Å². The topological polar surface area (TPSA) is 66.8 Å². The number of rotatable bonds is 4. The Morgan fingerprint density at radius 3 is 1.95 bits per heavy atom. The smallest absolute Gasteiger partial charge is 0.338 e. The van der Waals surface area contributed by atoms with Crippen LogP contribution in [0.4, 0.5) is 0 Å². The van der Waals surface area contributed by atoms with Gasteiger partial charge in [0.25, 0.3) is 5.91 Å². The molecule has 114 valence electrons. The van der Waals surface area contributed by atoms with Gasteiger partial charge in [0.05, 0.1) is 5.56 Å². The number of esters is 1. The molecular weight excluding hydrogens is 282 g/mol. The van der Waals surface area contributed by atoms with E-state index in [4.69, 9.17) is 4.74 Å². The molecule has 5 heteroatoms. The number of phenolic OH excluding ortho intramolecular Hbond substituents is 1. The molecule has 0 unspecified atom stereocenters. The number of likely N-dealkylation sites (N-methyl/N-ethyl adjacent to an activating group) is 1. The lowest BCUT2D eigenvalue weighted by molar-refractivity contribution is -0.131. The van der Waals surface area contributed by atoms with Crippen molar-refractivity contribution < 1.29 is 19.4 Å². The van der Waals surface area contributed by atoms with Crippen LogP contribution < -0.4 is 0 Å². The summed E-state index contributed by atoms with van der Waals surface area (Å²) in [5.74, 6) is -0.601. The minimum atomic E-state index is -0.535. The largest absolute Gasteiger partial charge is 0.508 e. The van der Waals surface area contributed by atoms with Crippen LogP contribution in [0.3, 0.4) is 0 Å². The van der Waals surface area contributed by atoms with Crippen molar-refractivity contribution in [2.75, 3.05) is 20.7 Å². The van der Waals surface area contributed by atoms with Gasteiger partial charge in [-0.1, -0.05) is 24.3 Å². The van der Waals surface area contributed by atoms with Gasteiger partial charge in [-0.3, -0.25) is 4.79 Å². The zero-order chi connectivity index (χ0) is 16.1. The molecule has 0 atom stereocenters. The number of carbonyl (C=O) groups is 2. The molecule has 22 heavy (non-hydrogen) atoms. The van der Waals surface area contributed by atoms with Crippen LogP contribution in [0.25, 0.3) is 11.1 Å². The maximum Gasteiger partial charge on any atom is 0.338 e. The number of aromatic hydroxyl groups is 1. The van der Waals surface area contributed by atoms with Gasteiger partial charge >= 0.3 is 5.97 Å². The quantitative estimate of drug-likeness (QED) is 0.880. The fourth-order valence-electron chi connectivity index (χ4n) is 1.79. The van der Waals surface area contributed by atoms with Gasteiger partial charge in [-0.15, -0.1) is 0 Å². The molecule has 0 aliphatic heterocycles. The van der Waals surface area contributed by atoms with Gasteiger partial charge in [0.15, 0.2) is 6.61 Å². The summed E-state index contributed by atoms with van der Waals surface area (Å²) in [5, 5.41) is 9.27. The summed E-state index contributed by atoms with van der Waals surface area (Å²) in [6.45, 7) is -0.272. The van der Waals surface area contributed by atoms with Crippen molar-refractivity contribution in [2.45, 2.75) is 0 Å². The summed E-state index contributed by atoms with van der Waals surface area (Å²) < 4.78 is 4.95. The first-order chi connectivity index (χ1) is 10.5. The fraction of sp³-hybridized carbons (Fsp3) is 0.176. The van der Waals surface area contributed by atoms with Gasteiger partial charge in [-0.2, -0.15) is 0 Å². The van der Waals surface area contributed by atoms with E-state index in [1.807, 2.05) is 0 Å². The number of hydrogen-bond acceptors (Lipinski definition) is 4. The Bertz CT molecular complexity index is 660. The lowest BCUT2D eigenvalue weighted by Gasteiger charge is -2.10. The van der Waals surface area contributed by atoms with E-state index in [9.17, 15) is 14.7 Å². The molecule has 0 aliphatic rings. The van der Waals surface area contributed by atoms with Crippen LogP contribution >= 0.6 is 0 Å². The number of amides is 1. The molecule has 0 saturated carbocycles. The van der Waals surface area contributed by atoms with Crippen molar-refractivity contribution in [2.24, 2.45) is 0 Å². The SMILES string of the molecule is CN(C)C(=O)COC(=O)c1ccc(-c2ccc(O)cc2)cc1. The van der Waals surface area contributed by atoms with Crippen LogP contribution in [-0.2, 0) is 9.53 Å². The molecule has 2 aromatic rings. The molecule has 0 fully saturated rings. The van der Waals surface area contributed by atoms with Gasteiger partial charge in [0.1, 0.15) is 5.75 Å². The number of carbonyl (C=O) groups excluding carboxylic acids is 2. The van der Waals surface area contributed by atoms with E-state index in [0.717, 1.165) is 11.1 Å². The molecule has 0 heterocycles. The lowest BCUT2D eigenvalue weighted by atomic mass is 10.0. The van der Waals surface area contributed by atoms with Gasteiger partial charge in [-0.05, 0) is 35.4 Å². The van der Waals surface area contributed by atoms with Crippen molar-refractivity contribution in [1.82, 2.24) is 4.90 Å². The zero-order valence-electron chi connectivity index (χ0n) is 12.4. The lowest BCUT2D eigenvalue weighted by Crippen LogP contribution is -2.27. The Labute approximate surface area is 128 Å². The average molecular weight is 299 g/mol. The van der Waals surface area contributed by atoms with Crippen molar-refractivity contribution in [3.63, 3.8) is 0 Å². The molecule has 0 aliphatic carbocycles. The molecule has 0 saturated heterocycles. The van der Waals surface area contributed by atoms with Crippen molar-refractivity contribution in [1.29, 1.82) is 0 Å². The summed E-state index contributed by atoms with van der Waals surface area (Å²) in [4.78, 5) is 24.6. The van der Waals surface area contributed by atoms with Crippen molar-refractivity contribution in [3.05, 3.63) is 54.1 Å². The third-order valence-electron chi connectivity index (χ3n) is 3.15. The Balaban J connectivity index is 2.03. The number of ether oxygens (including phenoxy) is 1. The predicted octanol–water partition coefficient (Wildman–Crippen LogP) is 2.30. The molecule has 5 nitrogen and oxygen atoms in total. The second-order valence-corrected chi connectivity index (χ2v) is 4.99. The molecule has 1 N–H and O–H groups in total. The third-order valence-corrected chi connectivity index (χ3v) is 3.15. The van der Waals surface area contributed by atoms with Crippen LogP contribution in [-0.4, -0.2) is 42.6 Å². The van der Waals surface area contributed by atoms with Gasteiger partial charge in [0.2, 0.25) is 0 Å². The van der Waals surface area contributed by atoms with E-state index in [0.29, 0.717) is 5.56 Å². The van der Waals surface area contributed by atoms with Crippen molar-refractivity contribution >= 4 is 11.9 Å². The van der Waals surface area contributed by atoms with Gasteiger partial charge < -0.3 is 14.7 Å². The summed E-state index contributed by atoms with van der Waals surface area (Å²) in [7, 11) is 3.20. The molecule has 0 aromatic heterocycles. The van der Waals surface area contributed by atoms with Crippen LogP contribution in [0, 0.1) is 0 Å². The highest BCUT2D eigenvalue weighted by atomic mass is 16.5. The Morgan fingerprint density at radius 1 is 0.955 bits per heavy atom. The predicted molar refractivity (Wildman–Crippen MR) is 82.5 cm³/mol. The van der Waals surface area contributed by atoms with E-state index in [-0.39, 0.29) is 18.3 Å². The molecular formula is C17H17NO4. The summed E-state index contributed by atoms with van der Waals surface area (Å²) in [5.41, 5.74) is 2.23. The standard InChI is InChI=1S/C17H17NO4/c1-18(2)16(20)11-22-17(21)14-5-3-12(4-6-14)13-7-9-15(19)10-8-13/h3-10,19H,11H2,1-2H3. The highest BCUT2D eigenvalue weighted by molar-refractivity contribution is 5.91. The van der Waals surface area contributed by atoms with Crippen LogP contribution in [0.1, 0.15) is 10.4 Å². The summed E-state index contributed by atoms with van der Waals surface area (Å²) >= 11 is 0. The van der Waals surface area contributed by atoms with Gasteiger partial charge in [-0.25, -0.2) is 4.79 Å². The first-order valence-corrected chi connectivity index (χ1v) is 6.74. The van der Waals surface area contributed by atoms with E-state index in [1.54, 1.807) is 62.6 Å². The second kappa shape index (κ2) is 6.76. The zero-order valence-corrected chi connectivity index (χ0v) is 12.4. The second-order valence-electron chi connectivity index (χ2n) is 4.99. The molecule has 2 aromatic carbocycles. The van der Waals surface area contributed by atoms with Crippen LogP contribution in [0.5, 0.6) is 5.75 Å². The molecule has 1 amide bonds. The third kappa shape index (κ3) is 3.85. The maximum absolute atomic E-state index is 11.8. The summed E-state index contributed by atoms with van der Waals surface area (Å²) in [6, 6.07) is 13.6. The molecule has 0 bridgehead atoms. The Hall–Kier alpha value is -2.82.